The predicted molar refractivity (Wildman–Crippen MR) is 70.6 cm³/mol. The van der Waals surface area contributed by atoms with Gasteiger partial charge < -0.3 is 19.8 Å². The normalized spacial score (nSPS) is 10.3. The molecule has 0 saturated carbocycles. The van der Waals surface area contributed by atoms with E-state index in [4.69, 9.17) is 14.9 Å². The van der Waals surface area contributed by atoms with E-state index in [2.05, 4.69) is 4.98 Å². The van der Waals surface area contributed by atoms with E-state index in [1.54, 1.807) is 18.6 Å². The Morgan fingerprint density at radius 3 is 2.89 bits per heavy atom. The van der Waals surface area contributed by atoms with Gasteiger partial charge in [-0.15, -0.1) is 0 Å². The van der Waals surface area contributed by atoms with E-state index in [-0.39, 0.29) is 0 Å². The number of aromatic nitrogens is 1. The molecule has 5 heteroatoms. The molecule has 0 fully saturated rings. The van der Waals surface area contributed by atoms with Gasteiger partial charge in [0.1, 0.15) is 5.82 Å². The van der Waals surface area contributed by atoms with E-state index in [0.717, 1.165) is 17.9 Å². The van der Waals surface area contributed by atoms with Crippen molar-refractivity contribution in [1.29, 1.82) is 0 Å². The van der Waals surface area contributed by atoms with Crippen LogP contribution in [0, 0.1) is 0 Å². The van der Waals surface area contributed by atoms with Gasteiger partial charge in [0.05, 0.1) is 24.8 Å². The number of anilines is 2. The van der Waals surface area contributed by atoms with Gasteiger partial charge in [0, 0.05) is 19.2 Å². The van der Waals surface area contributed by atoms with E-state index < -0.39 is 0 Å². The highest BCUT2D eigenvalue weighted by Gasteiger charge is 2.08. The third-order valence-corrected chi connectivity index (χ3v) is 2.55. The number of nitrogen functional groups attached to an aromatic ring is 1. The summed E-state index contributed by atoms with van der Waals surface area (Å²) in [6.07, 6.45) is 3.38. The Hall–Kier alpha value is -2.17. The molecule has 0 atom stereocenters. The van der Waals surface area contributed by atoms with Crippen LogP contribution in [0.15, 0.2) is 35.1 Å². The van der Waals surface area contributed by atoms with E-state index in [1.165, 1.54) is 0 Å². The summed E-state index contributed by atoms with van der Waals surface area (Å²) in [6, 6.07) is 5.61. The molecular weight excluding hydrogens is 230 g/mol. The minimum atomic E-state index is 0.481. The second-order valence-electron chi connectivity index (χ2n) is 3.98. The zero-order valence-electron chi connectivity index (χ0n) is 10.6. The van der Waals surface area contributed by atoms with Gasteiger partial charge in [-0.2, -0.15) is 4.98 Å². The fourth-order valence-corrected chi connectivity index (χ4v) is 1.64. The van der Waals surface area contributed by atoms with Crippen molar-refractivity contribution >= 4 is 11.5 Å². The summed E-state index contributed by atoms with van der Waals surface area (Å²) in [5.41, 5.74) is 7.44. The number of furan rings is 1. The van der Waals surface area contributed by atoms with Crippen molar-refractivity contribution in [3.63, 3.8) is 0 Å². The summed E-state index contributed by atoms with van der Waals surface area (Å²) < 4.78 is 10.4. The molecule has 0 unspecified atom stereocenters. The van der Waals surface area contributed by atoms with Crippen LogP contribution in [0.5, 0.6) is 5.88 Å². The molecule has 18 heavy (non-hydrogen) atoms. The van der Waals surface area contributed by atoms with Gasteiger partial charge in [-0.1, -0.05) is 0 Å². The number of nitrogens with zero attached hydrogens (tertiary/aromatic N) is 2. The standard InChI is InChI=1S/C13H17N3O2/c1-3-18-13-11(14)4-5-12(15-13)16(2)8-10-6-7-17-9-10/h4-7,9H,3,8,14H2,1-2H3. The predicted octanol–water partition coefficient (Wildman–Crippen LogP) is 2.29. The fourth-order valence-electron chi connectivity index (χ4n) is 1.64. The smallest absolute Gasteiger partial charge is 0.239 e. The van der Waals surface area contributed by atoms with Gasteiger partial charge in [-0.3, -0.25) is 0 Å². The Bertz CT molecular complexity index is 497. The van der Waals surface area contributed by atoms with E-state index >= 15 is 0 Å². The molecule has 0 radical (unpaired) electrons. The first-order valence-corrected chi connectivity index (χ1v) is 5.82. The highest BCUT2D eigenvalue weighted by Crippen LogP contribution is 2.23. The highest BCUT2D eigenvalue weighted by molar-refractivity contribution is 5.54. The largest absolute Gasteiger partial charge is 0.476 e. The molecule has 0 aromatic carbocycles. The Labute approximate surface area is 106 Å². The Balaban J connectivity index is 2.14. The molecule has 0 spiro atoms. The Morgan fingerprint density at radius 2 is 2.22 bits per heavy atom. The number of ether oxygens (including phenoxy) is 1. The summed E-state index contributed by atoms with van der Waals surface area (Å²) in [6.45, 7) is 3.17. The highest BCUT2D eigenvalue weighted by atomic mass is 16.5. The van der Waals surface area contributed by atoms with Crippen molar-refractivity contribution in [2.75, 3.05) is 24.3 Å². The number of nitrogens with two attached hydrogens (primary N) is 1. The monoisotopic (exact) mass is 247 g/mol. The summed E-state index contributed by atoms with van der Waals surface area (Å²) in [5, 5.41) is 0. The molecule has 2 aromatic rings. The molecule has 5 nitrogen and oxygen atoms in total. The molecular formula is C13H17N3O2. The topological polar surface area (TPSA) is 64.5 Å². The molecule has 0 aliphatic rings. The van der Waals surface area contributed by atoms with Crippen LogP contribution in [0.4, 0.5) is 11.5 Å². The van der Waals surface area contributed by atoms with Crippen LogP contribution < -0.4 is 15.4 Å². The summed E-state index contributed by atoms with van der Waals surface area (Å²) >= 11 is 0. The average molecular weight is 247 g/mol. The molecule has 0 aliphatic heterocycles. The third-order valence-electron chi connectivity index (χ3n) is 2.55. The lowest BCUT2D eigenvalue weighted by Crippen LogP contribution is -2.17. The van der Waals surface area contributed by atoms with Gasteiger partial charge in [-0.25, -0.2) is 0 Å². The third kappa shape index (κ3) is 2.74. The lowest BCUT2D eigenvalue weighted by Gasteiger charge is -2.18. The Kier molecular flexibility index (Phi) is 3.72. The van der Waals surface area contributed by atoms with Crippen LogP contribution in [-0.4, -0.2) is 18.6 Å². The zero-order valence-corrected chi connectivity index (χ0v) is 10.6. The first-order valence-electron chi connectivity index (χ1n) is 5.82. The minimum absolute atomic E-state index is 0.481. The van der Waals surface area contributed by atoms with Crippen LogP contribution in [0.25, 0.3) is 0 Å². The maximum atomic E-state index is 5.79. The average Bonchev–Trinajstić information content (AvgIpc) is 2.85. The lowest BCUT2D eigenvalue weighted by molar-refractivity contribution is 0.329. The fraction of sp³-hybridized carbons (Fsp3) is 0.308. The maximum absolute atomic E-state index is 5.79. The quantitative estimate of drug-likeness (QED) is 0.878. The van der Waals surface area contributed by atoms with Gasteiger partial charge in [-0.05, 0) is 25.1 Å². The molecule has 2 rings (SSSR count). The van der Waals surface area contributed by atoms with Crippen molar-refractivity contribution in [2.24, 2.45) is 0 Å². The van der Waals surface area contributed by atoms with E-state index in [9.17, 15) is 0 Å². The first kappa shape index (κ1) is 12.3. The number of hydrogen-bond acceptors (Lipinski definition) is 5. The molecule has 0 amide bonds. The van der Waals surface area contributed by atoms with Gasteiger partial charge >= 0.3 is 0 Å². The summed E-state index contributed by atoms with van der Waals surface area (Å²) in [7, 11) is 1.96. The van der Waals surface area contributed by atoms with Crippen molar-refractivity contribution in [3.8, 4) is 5.88 Å². The number of pyridine rings is 1. The second kappa shape index (κ2) is 5.44. The first-order chi connectivity index (χ1) is 8.70. The summed E-state index contributed by atoms with van der Waals surface area (Å²) in [5.74, 6) is 1.29. The van der Waals surface area contributed by atoms with Crippen molar-refractivity contribution < 1.29 is 9.15 Å². The molecule has 2 heterocycles. The van der Waals surface area contributed by atoms with Crippen LogP contribution in [0.2, 0.25) is 0 Å². The van der Waals surface area contributed by atoms with Crippen LogP contribution in [0.3, 0.4) is 0 Å². The van der Waals surface area contributed by atoms with Gasteiger partial charge in [0.15, 0.2) is 0 Å². The van der Waals surface area contributed by atoms with E-state index in [0.29, 0.717) is 18.2 Å². The second-order valence-corrected chi connectivity index (χ2v) is 3.98. The SMILES string of the molecule is CCOc1nc(N(C)Cc2ccoc2)ccc1N. The molecule has 0 bridgehead atoms. The lowest BCUT2D eigenvalue weighted by atomic mass is 10.3. The van der Waals surface area contributed by atoms with Gasteiger partial charge in [0.2, 0.25) is 5.88 Å². The summed E-state index contributed by atoms with van der Waals surface area (Å²) in [4.78, 5) is 6.40. The molecule has 2 N–H and O–H groups in total. The van der Waals surface area contributed by atoms with Crippen molar-refractivity contribution in [1.82, 2.24) is 4.98 Å². The number of rotatable bonds is 5. The number of hydrogen-bond donors (Lipinski definition) is 1. The minimum Gasteiger partial charge on any atom is -0.476 e. The molecule has 96 valence electrons. The Morgan fingerprint density at radius 1 is 1.39 bits per heavy atom. The van der Waals surface area contributed by atoms with E-state index in [1.807, 2.05) is 31.0 Å². The van der Waals surface area contributed by atoms with Crippen LogP contribution in [-0.2, 0) is 6.54 Å². The van der Waals surface area contributed by atoms with Crippen LogP contribution in [0.1, 0.15) is 12.5 Å². The maximum Gasteiger partial charge on any atom is 0.239 e. The zero-order chi connectivity index (χ0) is 13.0. The van der Waals surface area contributed by atoms with Crippen LogP contribution >= 0.6 is 0 Å². The van der Waals surface area contributed by atoms with Gasteiger partial charge in [0.25, 0.3) is 0 Å². The molecule has 0 saturated heterocycles. The molecule has 2 aromatic heterocycles. The van der Waals surface area contributed by atoms with Crippen molar-refractivity contribution in [2.45, 2.75) is 13.5 Å². The molecule has 0 aliphatic carbocycles. The van der Waals surface area contributed by atoms with Crippen molar-refractivity contribution in [3.05, 3.63) is 36.3 Å².